The topological polar surface area (TPSA) is 394 Å². The highest BCUT2D eigenvalue weighted by molar-refractivity contribution is 5.91. The van der Waals surface area contributed by atoms with Crippen molar-refractivity contribution in [3.63, 3.8) is 0 Å². The minimum absolute atomic E-state index is 0.126. The molecule has 1 aromatic carbocycles. The van der Waals surface area contributed by atoms with E-state index >= 15 is 0 Å². The first-order chi connectivity index (χ1) is 31.1. The third-order valence-corrected chi connectivity index (χ3v) is 10.8. The van der Waals surface area contributed by atoms with E-state index < -0.39 is 110 Å². The summed E-state index contributed by atoms with van der Waals surface area (Å²) >= 11 is 0. The van der Waals surface area contributed by atoms with Crippen LogP contribution >= 0.6 is 0 Å². The Morgan fingerprint density at radius 2 is 1.54 bits per heavy atom. The quantitative estimate of drug-likeness (QED) is 0.0242. The molecule has 0 aliphatic carbocycles. The lowest BCUT2D eigenvalue weighted by Gasteiger charge is -2.44. The van der Waals surface area contributed by atoms with E-state index in [0.29, 0.717) is 17.9 Å². The molecule has 8 amide bonds. The van der Waals surface area contributed by atoms with Crippen molar-refractivity contribution in [3.05, 3.63) is 35.9 Å². The maximum atomic E-state index is 13.5. The number of amides is 8. The minimum atomic E-state index is -1.60. The number of nitrogens with two attached hydrogens (primary N) is 4. The summed E-state index contributed by atoms with van der Waals surface area (Å²) in [6.07, 6.45) is -4.56. The zero-order valence-corrected chi connectivity index (χ0v) is 36.2. The van der Waals surface area contributed by atoms with Crippen LogP contribution in [-0.4, -0.2) is 172 Å². The van der Waals surface area contributed by atoms with Gasteiger partial charge in [-0.25, -0.2) is 24.2 Å². The molecule has 65 heavy (non-hydrogen) atoms. The summed E-state index contributed by atoms with van der Waals surface area (Å²) in [5.74, 6) is -0.298. The molecular weight excluding hydrogens is 859 g/mol. The van der Waals surface area contributed by atoms with Gasteiger partial charge in [0.2, 0.25) is 12.2 Å². The average molecular weight is 922 g/mol. The number of urea groups is 3. The number of aliphatic hydroxyl groups is 2. The molecule has 362 valence electrons. The number of rotatable bonds is 21. The normalized spacial score (nSPS) is 30.8. The number of primary amides is 2. The first-order valence-electron chi connectivity index (χ1n) is 21.4. The summed E-state index contributed by atoms with van der Waals surface area (Å²) in [6.45, 7) is 7.41. The molecule has 0 aromatic heterocycles. The Hall–Kier alpha value is -5.74. The van der Waals surface area contributed by atoms with Gasteiger partial charge in [0, 0.05) is 12.6 Å². The number of guanidine groups is 1. The van der Waals surface area contributed by atoms with Crippen molar-refractivity contribution in [2.24, 2.45) is 27.9 Å². The Balaban J connectivity index is 1.12. The largest absolute Gasteiger partial charge is 0.462 e. The Morgan fingerprint density at radius 1 is 0.846 bits per heavy atom. The number of aliphatic imine (C=N–C) groups is 1. The van der Waals surface area contributed by atoms with Crippen LogP contribution in [0.15, 0.2) is 35.3 Å². The van der Waals surface area contributed by atoms with Gasteiger partial charge in [0.25, 0.3) is 0 Å². The van der Waals surface area contributed by atoms with E-state index in [2.05, 4.69) is 54.5 Å². The molecule has 4 heterocycles. The number of hydrogen-bond acceptors (Lipinski definition) is 16. The predicted molar refractivity (Wildman–Crippen MR) is 230 cm³/mol. The van der Waals surface area contributed by atoms with E-state index in [0.717, 1.165) is 45.4 Å². The van der Waals surface area contributed by atoms with Gasteiger partial charge in [-0.1, -0.05) is 19.1 Å². The maximum absolute atomic E-state index is 13.5. The fourth-order valence-electron chi connectivity index (χ4n) is 7.61. The molecule has 0 bridgehead atoms. The molecule has 0 unspecified atom stereocenters. The average Bonchev–Trinajstić information content (AvgIpc) is 3.64. The fourth-order valence-corrected chi connectivity index (χ4v) is 7.61. The molecule has 5 rings (SSSR count). The van der Waals surface area contributed by atoms with Gasteiger partial charge in [-0.2, -0.15) is 0 Å². The van der Waals surface area contributed by atoms with E-state index in [1.807, 2.05) is 0 Å². The molecule has 26 nitrogen and oxygen atoms in total. The monoisotopic (exact) mass is 921 g/mol. The van der Waals surface area contributed by atoms with E-state index in [-0.39, 0.29) is 19.1 Å². The number of alkyl carbamates (subject to hydrolysis) is 1. The van der Waals surface area contributed by atoms with E-state index in [9.17, 15) is 34.2 Å². The van der Waals surface area contributed by atoms with Crippen LogP contribution in [0.5, 0.6) is 5.75 Å². The zero-order chi connectivity index (χ0) is 47.0. The summed E-state index contributed by atoms with van der Waals surface area (Å²) in [5.41, 5.74) is 22.9. The second-order valence-electron chi connectivity index (χ2n) is 15.7. The number of fused-ring (bicyclic) bond motifs is 1. The highest BCUT2D eigenvalue weighted by Crippen LogP contribution is 2.29. The number of carbonyl (C=O) groups is 5. The van der Waals surface area contributed by atoms with Crippen LogP contribution in [0.4, 0.5) is 19.2 Å². The maximum Gasteiger partial charge on any atom is 0.407 e. The standard InChI is InChI=1S/C39H63N13O13/c1-3-44-13-4-5-14-45-15-6-16-46-24(53)12-9-20-7-10-21(11-8-20)63-34-29(47-35(40)41)31(55)25(19(2)62-34)50-38(58)52-32-28(49-37(43)57)30(54)23(18-60-32)64-33-27(48-36(42)56)26-22(17-61-33)65-39(59)51-26/h7-12,19,22-23,25-34,44-45,54-55H,3-6,13-18H2,1-2H3,(H,46,53)(H,51,59)(H4,40,41,47)(H3,42,48,56)(H3,43,49,57)(H2,50,52,58)/b12-9+/t19-,22-,23-,25-,26+,27-,28-,29-,30+,31+,32+,33+,34-/m1/s1. The number of nitrogens with zero attached hydrogens (tertiary/aromatic N) is 1. The van der Waals surface area contributed by atoms with Gasteiger partial charge in [-0.3, -0.25) is 4.79 Å². The number of nitrogens with one attached hydrogen (secondary N) is 8. The second kappa shape index (κ2) is 24.5. The van der Waals surface area contributed by atoms with Gasteiger partial charge >= 0.3 is 24.2 Å². The van der Waals surface area contributed by atoms with Crippen molar-refractivity contribution in [3.8, 4) is 5.75 Å². The third-order valence-electron chi connectivity index (χ3n) is 10.8. The van der Waals surface area contributed by atoms with Gasteiger partial charge in [0.1, 0.15) is 48.3 Å². The molecule has 4 saturated heterocycles. The Bertz CT molecular complexity index is 1810. The molecule has 4 fully saturated rings. The van der Waals surface area contributed by atoms with Gasteiger partial charge in [0.15, 0.2) is 18.5 Å². The zero-order valence-electron chi connectivity index (χ0n) is 36.2. The number of ether oxygens (including phenoxy) is 6. The number of carbonyl (C=O) groups excluding carboxylic acids is 5. The highest BCUT2D eigenvalue weighted by Gasteiger charge is 2.51. The van der Waals surface area contributed by atoms with Crippen molar-refractivity contribution in [1.29, 1.82) is 0 Å². The molecule has 4 aliphatic rings. The number of hydrogen-bond donors (Lipinski definition) is 14. The van der Waals surface area contributed by atoms with Crippen LogP contribution in [0, 0.1) is 0 Å². The molecule has 18 N–H and O–H groups in total. The highest BCUT2D eigenvalue weighted by atomic mass is 16.7. The van der Waals surface area contributed by atoms with Crippen LogP contribution in [-0.2, 0) is 28.5 Å². The smallest absolute Gasteiger partial charge is 0.407 e. The first-order valence-corrected chi connectivity index (χ1v) is 21.4. The Labute approximate surface area is 374 Å². The Kier molecular flexibility index (Phi) is 19.0. The molecular formula is C39H63N13O13. The lowest BCUT2D eigenvalue weighted by atomic mass is 9.95. The lowest BCUT2D eigenvalue weighted by Crippen LogP contribution is -2.70. The van der Waals surface area contributed by atoms with Crippen LogP contribution in [0.2, 0.25) is 0 Å². The summed E-state index contributed by atoms with van der Waals surface area (Å²) in [4.78, 5) is 65.6. The summed E-state index contributed by atoms with van der Waals surface area (Å²) in [6, 6.07) is -1.92. The predicted octanol–water partition coefficient (Wildman–Crippen LogP) is -4.01. The fraction of sp³-hybridized carbons (Fsp3) is 0.641. The lowest BCUT2D eigenvalue weighted by molar-refractivity contribution is -0.260. The van der Waals surface area contributed by atoms with Crippen molar-refractivity contribution < 1.29 is 62.6 Å². The van der Waals surface area contributed by atoms with Gasteiger partial charge < -0.3 is 104 Å². The summed E-state index contributed by atoms with van der Waals surface area (Å²) in [7, 11) is 0. The van der Waals surface area contributed by atoms with Gasteiger partial charge in [-0.05, 0) is 76.1 Å². The van der Waals surface area contributed by atoms with E-state index in [1.54, 1.807) is 37.3 Å². The van der Waals surface area contributed by atoms with Crippen molar-refractivity contribution >= 4 is 42.1 Å². The van der Waals surface area contributed by atoms with Crippen molar-refractivity contribution in [1.82, 2.24) is 42.5 Å². The van der Waals surface area contributed by atoms with Gasteiger partial charge in [0.05, 0.1) is 31.4 Å². The Morgan fingerprint density at radius 3 is 2.23 bits per heavy atom. The van der Waals surface area contributed by atoms with Gasteiger partial charge in [-0.15, -0.1) is 0 Å². The molecule has 0 spiro atoms. The van der Waals surface area contributed by atoms with E-state index in [4.69, 9.17) is 51.4 Å². The third kappa shape index (κ3) is 14.9. The second-order valence-corrected chi connectivity index (χ2v) is 15.7. The SMILES string of the molecule is CCNCCCCNCCCNC(=O)/C=C/c1ccc(O[C@H]2O[C@H](C)[C@@H](NC(=O)N[C@H]3OC[C@@H](O[C@@H]4OC[C@H]5OC(=O)N[C@@H]5[C@H]4NC(N)=O)[C@H](O)[C@H]3NC(N)=O)[C@H](O)[C@H]2N=C(N)N)cc1. The summed E-state index contributed by atoms with van der Waals surface area (Å²) < 4.78 is 34.7. The van der Waals surface area contributed by atoms with E-state index in [1.165, 1.54) is 6.08 Å². The number of benzene rings is 1. The molecule has 13 atom stereocenters. The molecule has 26 heteroatoms. The summed E-state index contributed by atoms with van der Waals surface area (Å²) in [5, 5.41) is 44.8. The van der Waals surface area contributed by atoms with Crippen molar-refractivity contribution in [2.45, 2.75) is 113 Å². The minimum Gasteiger partial charge on any atom is -0.462 e. The van der Waals surface area contributed by atoms with Crippen LogP contribution in [0.25, 0.3) is 6.08 Å². The molecule has 0 saturated carbocycles. The van der Waals surface area contributed by atoms with Crippen LogP contribution in [0.3, 0.4) is 0 Å². The first kappa shape index (κ1) is 50.3. The molecule has 4 aliphatic heterocycles. The van der Waals surface area contributed by atoms with Crippen molar-refractivity contribution in [2.75, 3.05) is 45.9 Å². The van der Waals surface area contributed by atoms with Crippen LogP contribution in [0.1, 0.15) is 38.7 Å². The molecule has 1 aromatic rings. The number of unbranched alkanes of at least 4 members (excludes halogenated alkanes) is 1. The molecule has 0 radical (unpaired) electrons. The van der Waals surface area contributed by atoms with Crippen LogP contribution < -0.4 is 70.2 Å². The number of aliphatic hydroxyl groups excluding tert-OH is 2.